The zero-order valence-corrected chi connectivity index (χ0v) is 15.9. The average molecular weight is 374 g/mol. The first-order valence-electron chi connectivity index (χ1n) is 9.03. The van der Waals surface area contributed by atoms with Crippen LogP contribution in [0.3, 0.4) is 0 Å². The van der Waals surface area contributed by atoms with Crippen LogP contribution in [-0.4, -0.2) is 28.5 Å². The fraction of sp³-hybridized carbons (Fsp3) is 0.217. The maximum absolute atomic E-state index is 10.7. The molecule has 0 aliphatic heterocycles. The number of hydrogen-bond acceptors (Lipinski definition) is 3. The van der Waals surface area contributed by atoms with Crippen LogP contribution < -0.4 is 0 Å². The molecular weight excluding hydrogens is 352 g/mol. The van der Waals surface area contributed by atoms with Gasteiger partial charge in [-0.3, -0.25) is 0 Å². The lowest BCUT2D eigenvalue weighted by molar-refractivity contribution is 0.131. The van der Waals surface area contributed by atoms with E-state index in [1.54, 1.807) is 14.2 Å². The Morgan fingerprint density at radius 2 is 1.61 bits per heavy atom. The van der Waals surface area contributed by atoms with Crippen LogP contribution in [0.2, 0.25) is 0 Å². The van der Waals surface area contributed by atoms with Crippen LogP contribution in [0.1, 0.15) is 11.7 Å². The molecule has 0 bridgehead atoms. The normalized spacial score (nSPS) is 12.5. The number of terminal acetylenes is 1. The molecule has 0 aliphatic carbocycles. The largest absolute Gasteiger partial charge is 0.376 e. The molecule has 0 spiro atoms. The SMILES string of the molecule is C#CC(O)c1c(-c2cc3ccccc3n2COC)n(COC)c2ccccc12. The molecule has 5 heteroatoms. The number of aliphatic hydroxyl groups excluding tert-OH is 1. The third-order valence-electron chi connectivity index (χ3n) is 5.01. The molecule has 0 amide bonds. The molecule has 28 heavy (non-hydrogen) atoms. The minimum absolute atomic E-state index is 0.335. The quantitative estimate of drug-likeness (QED) is 0.516. The number of nitrogens with zero attached hydrogens (tertiary/aromatic N) is 2. The third kappa shape index (κ3) is 2.79. The van der Waals surface area contributed by atoms with Crippen molar-refractivity contribution in [2.75, 3.05) is 14.2 Å². The molecule has 0 radical (unpaired) electrons. The number of para-hydroxylation sites is 2. The lowest BCUT2D eigenvalue weighted by Gasteiger charge is -2.15. The molecule has 1 N–H and O–H groups in total. The van der Waals surface area contributed by atoms with Crippen molar-refractivity contribution in [3.8, 4) is 23.7 Å². The average Bonchev–Trinajstić information content (AvgIpc) is 3.24. The first kappa shape index (κ1) is 18.3. The Morgan fingerprint density at radius 1 is 0.964 bits per heavy atom. The summed E-state index contributed by atoms with van der Waals surface area (Å²) in [5.41, 5.74) is 4.46. The van der Waals surface area contributed by atoms with Crippen LogP contribution >= 0.6 is 0 Å². The molecule has 0 fully saturated rings. The number of rotatable bonds is 6. The van der Waals surface area contributed by atoms with E-state index in [-0.39, 0.29) is 0 Å². The number of aromatic nitrogens is 2. The number of ether oxygens (including phenoxy) is 2. The first-order valence-corrected chi connectivity index (χ1v) is 9.03. The van der Waals surface area contributed by atoms with Gasteiger partial charge in [0.1, 0.15) is 19.6 Å². The highest BCUT2D eigenvalue weighted by Gasteiger charge is 2.25. The van der Waals surface area contributed by atoms with Crippen molar-refractivity contribution in [1.29, 1.82) is 0 Å². The topological polar surface area (TPSA) is 48.5 Å². The van der Waals surface area contributed by atoms with E-state index in [9.17, 15) is 5.11 Å². The van der Waals surface area contributed by atoms with Gasteiger partial charge in [0.2, 0.25) is 0 Å². The molecule has 0 saturated carbocycles. The fourth-order valence-corrected chi connectivity index (χ4v) is 3.90. The predicted octanol–water partition coefficient (Wildman–Crippen LogP) is 4.14. The minimum Gasteiger partial charge on any atom is -0.376 e. The van der Waals surface area contributed by atoms with E-state index in [4.69, 9.17) is 15.9 Å². The summed E-state index contributed by atoms with van der Waals surface area (Å²) in [6.07, 6.45) is 4.59. The number of benzene rings is 2. The summed E-state index contributed by atoms with van der Waals surface area (Å²) in [4.78, 5) is 0. The monoisotopic (exact) mass is 374 g/mol. The lowest BCUT2D eigenvalue weighted by atomic mass is 10.0. The van der Waals surface area contributed by atoms with E-state index < -0.39 is 6.10 Å². The molecule has 142 valence electrons. The van der Waals surface area contributed by atoms with E-state index in [1.165, 1.54) is 0 Å². The summed E-state index contributed by atoms with van der Waals surface area (Å²) in [6.45, 7) is 0.713. The van der Waals surface area contributed by atoms with Crippen LogP contribution in [0.25, 0.3) is 33.2 Å². The molecule has 1 unspecified atom stereocenters. The van der Waals surface area contributed by atoms with Crippen molar-refractivity contribution in [2.24, 2.45) is 0 Å². The standard InChI is InChI=1S/C23H22N2O3/c1-4-21(26)22-17-10-6-8-12-19(17)25(15-28-3)23(22)20-13-16-9-5-7-11-18(16)24(20)14-27-2/h1,5-13,21,26H,14-15H2,2-3H3. The summed E-state index contributed by atoms with van der Waals surface area (Å²) < 4.78 is 15.1. The van der Waals surface area contributed by atoms with Crippen LogP contribution in [0.4, 0.5) is 0 Å². The van der Waals surface area contributed by atoms with E-state index in [0.29, 0.717) is 19.0 Å². The second kappa shape index (κ2) is 7.53. The molecule has 2 aromatic carbocycles. The molecule has 0 saturated heterocycles. The molecule has 4 rings (SSSR count). The molecule has 5 nitrogen and oxygen atoms in total. The van der Waals surface area contributed by atoms with Gasteiger partial charge < -0.3 is 23.7 Å². The Hall–Kier alpha value is -3.04. The zero-order valence-electron chi connectivity index (χ0n) is 15.9. The summed E-state index contributed by atoms with van der Waals surface area (Å²) in [6, 6.07) is 18.1. The maximum atomic E-state index is 10.7. The Balaban J connectivity index is 2.14. The molecular formula is C23H22N2O3. The Morgan fingerprint density at radius 3 is 2.32 bits per heavy atom. The van der Waals surface area contributed by atoms with E-state index in [1.807, 2.05) is 41.0 Å². The van der Waals surface area contributed by atoms with Gasteiger partial charge in [0.05, 0.1) is 22.4 Å². The fourth-order valence-electron chi connectivity index (χ4n) is 3.90. The van der Waals surface area contributed by atoms with Crippen LogP contribution in [0, 0.1) is 12.3 Å². The summed E-state index contributed by atoms with van der Waals surface area (Å²) in [7, 11) is 3.32. The molecule has 0 aliphatic rings. The third-order valence-corrected chi connectivity index (χ3v) is 5.01. The van der Waals surface area contributed by atoms with E-state index in [0.717, 1.165) is 33.2 Å². The van der Waals surface area contributed by atoms with E-state index in [2.05, 4.69) is 28.7 Å². The Bertz CT molecular complexity index is 1180. The number of hydrogen-bond donors (Lipinski definition) is 1. The molecule has 2 aromatic heterocycles. The highest BCUT2D eigenvalue weighted by atomic mass is 16.5. The highest BCUT2D eigenvalue weighted by Crippen LogP contribution is 2.39. The van der Waals surface area contributed by atoms with Gasteiger partial charge in [-0.25, -0.2) is 0 Å². The van der Waals surface area contributed by atoms with Crippen LogP contribution in [0.5, 0.6) is 0 Å². The molecule has 4 aromatic rings. The lowest BCUT2D eigenvalue weighted by Crippen LogP contribution is -2.09. The highest BCUT2D eigenvalue weighted by molar-refractivity contribution is 5.95. The van der Waals surface area contributed by atoms with Gasteiger partial charge in [-0.1, -0.05) is 42.3 Å². The molecule has 1 atom stereocenters. The van der Waals surface area contributed by atoms with Crippen molar-refractivity contribution in [3.05, 3.63) is 60.2 Å². The minimum atomic E-state index is -1.04. The van der Waals surface area contributed by atoms with Crippen molar-refractivity contribution < 1.29 is 14.6 Å². The summed E-state index contributed by atoms with van der Waals surface area (Å²) in [5.74, 6) is 2.49. The van der Waals surface area contributed by atoms with Gasteiger partial charge >= 0.3 is 0 Å². The summed E-state index contributed by atoms with van der Waals surface area (Å²) >= 11 is 0. The van der Waals surface area contributed by atoms with Gasteiger partial charge in [-0.05, 0) is 18.2 Å². The van der Waals surface area contributed by atoms with Gasteiger partial charge in [-0.2, -0.15) is 0 Å². The maximum Gasteiger partial charge on any atom is 0.142 e. The predicted molar refractivity (Wildman–Crippen MR) is 111 cm³/mol. The Kier molecular flexibility index (Phi) is 4.93. The smallest absolute Gasteiger partial charge is 0.142 e. The zero-order chi connectivity index (χ0) is 19.7. The first-order chi connectivity index (χ1) is 13.7. The second-order valence-electron chi connectivity index (χ2n) is 6.63. The van der Waals surface area contributed by atoms with Crippen molar-refractivity contribution >= 4 is 21.8 Å². The summed E-state index contributed by atoms with van der Waals surface area (Å²) in [5, 5.41) is 12.7. The van der Waals surface area contributed by atoms with Crippen molar-refractivity contribution in [2.45, 2.75) is 19.6 Å². The molecule has 2 heterocycles. The van der Waals surface area contributed by atoms with Crippen LogP contribution in [-0.2, 0) is 22.9 Å². The second-order valence-corrected chi connectivity index (χ2v) is 6.63. The van der Waals surface area contributed by atoms with Crippen molar-refractivity contribution in [1.82, 2.24) is 9.13 Å². The van der Waals surface area contributed by atoms with Gasteiger partial charge in [0.15, 0.2) is 0 Å². The van der Waals surface area contributed by atoms with Crippen LogP contribution in [0.15, 0.2) is 54.6 Å². The Labute approximate surface area is 163 Å². The number of aliphatic hydroxyl groups is 1. The number of methoxy groups -OCH3 is 2. The van der Waals surface area contributed by atoms with Crippen molar-refractivity contribution in [3.63, 3.8) is 0 Å². The van der Waals surface area contributed by atoms with Gasteiger partial charge in [-0.15, -0.1) is 6.42 Å². The number of fused-ring (bicyclic) bond motifs is 2. The van der Waals surface area contributed by atoms with Gasteiger partial charge in [0, 0.05) is 30.6 Å². The van der Waals surface area contributed by atoms with E-state index >= 15 is 0 Å². The van der Waals surface area contributed by atoms with Gasteiger partial charge in [0.25, 0.3) is 0 Å².